The normalized spacial score (nSPS) is 10.2. The number of aromatic nitrogens is 1. The van der Waals surface area contributed by atoms with Crippen LogP contribution >= 0.6 is 11.6 Å². The van der Waals surface area contributed by atoms with E-state index in [-0.39, 0.29) is 22.7 Å². The number of esters is 1. The highest BCUT2D eigenvalue weighted by Crippen LogP contribution is 2.20. The van der Waals surface area contributed by atoms with Crippen molar-refractivity contribution >= 4 is 17.6 Å². The third kappa shape index (κ3) is 3.09. The summed E-state index contributed by atoms with van der Waals surface area (Å²) in [6.07, 6.45) is -0.0839. The molecule has 0 N–H and O–H groups in total. The van der Waals surface area contributed by atoms with Crippen molar-refractivity contribution in [1.82, 2.24) is 4.98 Å². The lowest BCUT2D eigenvalue weighted by Gasteiger charge is -2.11. The van der Waals surface area contributed by atoms with Crippen molar-refractivity contribution < 1.29 is 14.3 Å². The van der Waals surface area contributed by atoms with Crippen molar-refractivity contribution in [3.05, 3.63) is 22.8 Å². The van der Waals surface area contributed by atoms with Gasteiger partial charge in [0.1, 0.15) is 10.7 Å². The fourth-order valence-corrected chi connectivity index (χ4v) is 1.14. The Balaban J connectivity index is 3.08. The highest BCUT2D eigenvalue weighted by atomic mass is 35.5. The number of methoxy groups -OCH3 is 1. The lowest BCUT2D eigenvalue weighted by molar-refractivity contribution is 0.0593. The molecule has 0 aliphatic rings. The van der Waals surface area contributed by atoms with Crippen molar-refractivity contribution in [1.29, 1.82) is 0 Å². The summed E-state index contributed by atoms with van der Waals surface area (Å²) in [5.41, 5.74) is 0.274. The summed E-state index contributed by atoms with van der Waals surface area (Å²) < 4.78 is 9.95. The Morgan fingerprint density at radius 1 is 1.47 bits per heavy atom. The molecular formula is C10H12ClNO3. The van der Waals surface area contributed by atoms with E-state index in [1.165, 1.54) is 19.2 Å². The SMILES string of the molecule is COC(=O)c1ccc(Cl)nc1OC(C)C. The van der Waals surface area contributed by atoms with E-state index >= 15 is 0 Å². The highest BCUT2D eigenvalue weighted by molar-refractivity contribution is 6.29. The van der Waals surface area contributed by atoms with E-state index in [4.69, 9.17) is 16.3 Å². The molecule has 0 aromatic carbocycles. The third-order valence-electron chi connectivity index (χ3n) is 1.58. The molecule has 15 heavy (non-hydrogen) atoms. The van der Waals surface area contributed by atoms with Gasteiger partial charge in [-0.15, -0.1) is 0 Å². The summed E-state index contributed by atoms with van der Waals surface area (Å²) in [6, 6.07) is 3.04. The van der Waals surface area contributed by atoms with Gasteiger partial charge in [-0.05, 0) is 26.0 Å². The van der Waals surface area contributed by atoms with Crippen molar-refractivity contribution in [3.8, 4) is 5.88 Å². The average Bonchev–Trinajstić information content (AvgIpc) is 2.16. The quantitative estimate of drug-likeness (QED) is 0.590. The number of hydrogen-bond acceptors (Lipinski definition) is 4. The minimum absolute atomic E-state index is 0.0839. The van der Waals surface area contributed by atoms with Gasteiger partial charge in [0.05, 0.1) is 13.2 Å². The first-order valence-electron chi connectivity index (χ1n) is 4.46. The summed E-state index contributed by atoms with van der Waals surface area (Å²) in [6.45, 7) is 3.67. The van der Waals surface area contributed by atoms with Gasteiger partial charge in [0.2, 0.25) is 5.88 Å². The number of carbonyl (C=O) groups excluding carboxylic acids is 1. The first-order valence-corrected chi connectivity index (χ1v) is 4.84. The highest BCUT2D eigenvalue weighted by Gasteiger charge is 2.15. The number of ether oxygens (including phenoxy) is 2. The van der Waals surface area contributed by atoms with Gasteiger partial charge in [-0.1, -0.05) is 11.6 Å². The number of carbonyl (C=O) groups is 1. The van der Waals surface area contributed by atoms with Crippen LogP contribution < -0.4 is 4.74 Å². The molecule has 0 fully saturated rings. The average molecular weight is 230 g/mol. The lowest BCUT2D eigenvalue weighted by atomic mass is 10.3. The van der Waals surface area contributed by atoms with E-state index in [9.17, 15) is 4.79 Å². The van der Waals surface area contributed by atoms with Gasteiger partial charge in [0.25, 0.3) is 0 Å². The molecule has 0 aliphatic heterocycles. The van der Waals surface area contributed by atoms with Crippen molar-refractivity contribution in [2.45, 2.75) is 20.0 Å². The fourth-order valence-electron chi connectivity index (χ4n) is 0.996. The summed E-state index contributed by atoms with van der Waals surface area (Å²) in [7, 11) is 1.30. The zero-order valence-electron chi connectivity index (χ0n) is 8.78. The van der Waals surface area contributed by atoms with E-state index in [1.54, 1.807) is 0 Å². The van der Waals surface area contributed by atoms with Gasteiger partial charge in [0, 0.05) is 0 Å². The van der Waals surface area contributed by atoms with Crippen LogP contribution in [-0.2, 0) is 4.74 Å². The first kappa shape index (κ1) is 11.8. The van der Waals surface area contributed by atoms with Crippen LogP contribution in [0.25, 0.3) is 0 Å². The van der Waals surface area contributed by atoms with Crippen LogP contribution in [0.3, 0.4) is 0 Å². The Morgan fingerprint density at radius 2 is 2.13 bits per heavy atom. The van der Waals surface area contributed by atoms with E-state index in [0.29, 0.717) is 0 Å². The van der Waals surface area contributed by atoms with Gasteiger partial charge < -0.3 is 9.47 Å². The van der Waals surface area contributed by atoms with E-state index in [2.05, 4.69) is 9.72 Å². The smallest absolute Gasteiger partial charge is 0.343 e. The van der Waals surface area contributed by atoms with E-state index in [0.717, 1.165) is 0 Å². The van der Waals surface area contributed by atoms with Crippen LogP contribution in [0.15, 0.2) is 12.1 Å². The molecule has 1 aromatic rings. The Hall–Kier alpha value is -1.29. The second-order valence-electron chi connectivity index (χ2n) is 3.14. The molecule has 82 valence electrons. The Kier molecular flexibility index (Phi) is 3.91. The molecule has 4 nitrogen and oxygen atoms in total. The maximum atomic E-state index is 11.3. The predicted molar refractivity (Wildman–Crippen MR) is 56.4 cm³/mol. The van der Waals surface area contributed by atoms with Gasteiger partial charge in [-0.25, -0.2) is 9.78 Å². The monoisotopic (exact) mass is 229 g/mol. The van der Waals surface area contributed by atoms with Crippen LogP contribution in [0.4, 0.5) is 0 Å². The molecule has 1 aromatic heterocycles. The molecule has 0 bridgehead atoms. The van der Waals surface area contributed by atoms with Gasteiger partial charge in [-0.3, -0.25) is 0 Å². The number of nitrogens with zero attached hydrogens (tertiary/aromatic N) is 1. The molecule has 0 saturated carbocycles. The molecule has 0 aliphatic carbocycles. The van der Waals surface area contributed by atoms with Crippen molar-refractivity contribution in [2.24, 2.45) is 0 Å². The van der Waals surface area contributed by atoms with Crippen LogP contribution in [0.1, 0.15) is 24.2 Å². The second kappa shape index (κ2) is 4.98. The minimum Gasteiger partial charge on any atom is -0.474 e. The van der Waals surface area contributed by atoms with E-state index in [1.807, 2.05) is 13.8 Å². The Labute approximate surface area is 93.2 Å². The van der Waals surface area contributed by atoms with Gasteiger partial charge in [-0.2, -0.15) is 0 Å². The molecule has 0 saturated heterocycles. The van der Waals surface area contributed by atoms with Gasteiger partial charge in [0.15, 0.2) is 0 Å². The zero-order chi connectivity index (χ0) is 11.4. The second-order valence-corrected chi connectivity index (χ2v) is 3.53. The molecule has 1 heterocycles. The fraction of sp³-hybridized carbons (Fsp3) is 0.400. The third-order valence-corrected chi connectivity index (χ3v) is 1.79. The number of halogens is 1. The summed E-state index contributed by atoms with van der Waals surface area (Å²) >= 11 is 5.70. The minimum atomic E-state index is -0.491. The van der Waals surface area contributed by atoms with Crippen LogP contribution in [-0.4, -0.2) is 24.2 Å². The first-order chi connectivity index (χ1) is 7.04. The summed E-state index contributed by atoms with van der Waals surface area (Å²) in [5, 5.41) is 0.276. The van der Waals surface area contributed by atoms with Crippen molar-refractivity contribution in [3.63, 3.8) is 0 Å². The van der Waals surface area contributed by atoms with E-state index < -0.39 is 5.97 Å². The summed E-state index contributed by atoms with van der Waals surface area (Å²) in [4.78, 5) is 15.3. The number of pyridine rings is 1. The lowest BCUT2D eigenvalue weighted by Crippen LogP contribution is -2.12. The predicted octanol–water partition coefficient (Wildman–Crippen LogP) is 2.31. The van der Waals surface area contributed by atoms with Crippen LogP contribution in [0.5, 0.6) is 5.88 Å². The number of rotatable bonds is 3. The topological polar surface area (TPSA) is 48.4 Å². The summed E-state index contributed by atoms with van der Waals surface area (Å²) in [5.74, 6) is -0.292. The molecule has 0 radical (unpaired) electrons. The molecule has 0 atom stereocenters. The molecule has 1 rings (SSSR count). The van der Waals surface area contributed by atoms with Crippen LogP contribution in [0, 0.1) is 0 Å². The Bertz CT molecular complexity index is 366. The molecular weight excluding hydrogens is 218 g/mol. The van der Waals surface area contributed by atoms with Crippen molar-refractivity contribution in [2.75, 3.05) is 7.11 Å². The maximum absolute atomic E-state index is 11.3. The molecule has 5 heteroatoms. The largest absolute Gasteiger partial charge is 0.474 e. The number of hydrogen-bond donors (Lipinski definition) is 0. The maximum Gasteiger partial charge on any atom is 0.343 e. The Morgan fingerprint density at radius 3 is 2.67 bits per heavy atom. The zero-order valence-corrected chi connectivity index (χ0v) is 9.54. The van der Waals surface area contributed by atoms with Crippen LogP contribution in [0.2, 0.25) is 5.15 Å². The molecule has 0 spiro atoms. The molecule has 0 unspecified atom stereocenters. The standard InChI is InChI=1S/C10H12ClNO3/c1-6(2)15-9-7(10(13)14-3)4-5-8(11)12-9/h4-6H,1-3H3. The molecule has 0 amide bonds. The van der Waals surface area contributed by atoms with Gasteiger partial charge >= 0.3 is 5.97 Å².